The van der Waals surface area contributed by atoms with Crippen molar-refractivity contribution in [1.29, 1.82) is 5.26 Å². The average Bonchev–Trinajstić information content (AvgIpc) is 2.13. The van der Waals surface area contributed by atoms with Crippen LogP contribution in [0, 0.1) is 17.1 Å². The van der Waals surface area contributed by atoms with E-state index in [9.17, 15) is 4.39 Å². The van der Waals surface area contributed by atoms with Crippen LogP contribution in [0.1, 0.15) is 29.9 Å². The molecular formula is C11H11FN2. The molecular weight excluding hydrogens is 179 g/mol. The molecule has 0 heterocycles. The highest BCUT2D eigenvalue weighted by molar-refractivity contribution is 5.41. The van der Waals surface area contributed by atoms with Crippen LogP contribution in [0.2, 0.25) is 0 Å². The molecule has 0 aromatic heterocycles. The molecule has 0 radical (unpaired) electrons. The number of nitrogens with zero attached hydrogens (tertiary/aromatic N) is 1. The molecule has 1 saturated carbocycles. The van der Waals surface area contributed by atoms with Crippen molar-refractivity contribution in [1.82, 2.24) is 0 Å². The summed E-state index contributed by atoms with van der Waals surface area (Å²) >= 11 is 0. The van der Waals surface area contributed by atoms with Gasteiger partial charge in [-0.25, -0.2) is 4.39 Å². The van der Waals surface area contributed by atoms with Gasteiger partial charge >= 0.3 is 0 Å². The van der Waals surface area contributed by atoms with Gasteiger partial charge in [-0.1, -0.05) is 0 Å². The van der Waals surface area contributed by atoms with Crippen molar-refractivity contribution in [3.8, 4) is 6.07 Å². The van der Waals surface area contributed by atoms with E-state index in [4.69, 9.17) is 11.0 Å². The lowest BCUT2D eigenvalue weighted by molar-refractivity contribution is 0.350. The zero-order chi connectivity index (χ0) is 10.1. The van der Waals surface area contributed by atoms with E-state index in [0.29, 0.717) is 5.56 Å². The molecule has 0 spiro atoms. The Kier molecular flexibility index (Phi) is 2.22. The summed E-state index contributed by atoms with van der Waals surface area (Å²) in [6.07, 6.45) is 1.72. The molecule has 14 heavy (non-hydrogen) atoms. The van der Waals surface area contributed by atoms with Crippen molar-refractivity contribution in [3.63, 3.8) is 0 Å². The lowest BCUT2D eigenvalue weighted by Gasteiger charge is -2.33. The first-order valence-electron chi connectivity index (χ1n) is 4.66. The standard InChI is InChI=1S/C11H11FN2/c12-9-2-1-7(6-13)11(5-9)8-3-10(14)4-8/h1-2,5,8,10H,3-4,14H2. The number of hydrogen-bond acceptors (Lipinski definition) is 2. The molecule has 0 atom stereocenters. The minimum absolute atomic E-state index is 0.217. The Morgan fingerprint density at radius 2 is 2.14 bits per heavy atom. The van der Waals surface area contributed by atoms with Gasteiger partial charge in [0, 0.05) is 6.04 Å². The fraction of sp³-hybridized carbons (Fsp3) is 0.364. The van der Waals surface area contributed by atoms with E-state index >= 15 is 0 Å². The molecule has 0 aliphatic heterocycles. The molecule has 1 aromatic carbocycles. The van der Waals surface area contributed by atoms with Crippen molar-refractivity contribution in [2.75, 3.05) is 0 Å². The summed E-state index contributed by atoms with van der Waals surface area (Å²) in [6, 6.07) is 6.61. The van der Waals surface area contributed by atoms with E-state index in [0.717, 1.165) is 18.4 Å². The SMILES string of the molecule is N#Cc1ccc(F)cc1C1CC(N)C1. The zero-order valence-corrected chi connectivity index (χ0v) is 7.70. The lowest BCUT2D eigenvalue weighted by atomic mass is 9.75. The fourth-order valence-corrected chi connectivity index (χ4v) is 1.89. The van der Waals surface area contributed by atoms with E-state index in [1.807, 2.05) is 0 Å². The van der Waals surface area contributed by atoms with Crippen LogP contribution in [0.4, 0.5) is 4.39 Å². The van der Waals surface area contributed by atoms with E-state index in [1.165, 1.54) is 18.2 Å². The predicted octanol–water partition coefficient (Wildman–Crippen LogP) is 1.90. The molecule has 1 aliphatic rings. The van der Waals surface area contributed by atoms with Gasteiger partial charge in [0.15, 0.2) is 0 Å². The highest BCUT2D eigenvalue weighted by Crippen LogP contribution is 2.37. The number of hydrogen-bond donors (Lipinski definition) is 1. The van der Waals surface area contributed by atoms with E-state index in [1.54, 1.807) is 0 Å². The van der Waals surface area contributed by atoms with E-state index in [-0.39, 0.29) is 17.8 Å². The van der Waals surface area contributed by atoms with Crippen LogP contribution in [0.5, 0.6) is 0 Å². The van der Waals surface area contributed by atoms with Gasteiger partial charge in [0.25, 0.3) is 0 Å². The van der Waals surface area contributed by atoms with E-state index < -0.39 is 0 Å². The number of rotatable bonds is 1. The van der Waals surface area contributed by atoms with Gasteiger partial charge in [-0.2, -0.15) is 5.26 Å². The summed E-state index contributed by atoms with van der Waals surface area (Å²) < 4.78 is 13.0. The highest BCUT2D eigenvalue weighted by Gasteiger charge is 2.29. The van der Waals surface area contributed by atoms with Crippen LogP contribution < -0.4 is 5.73 Å². The predicted molar refractivity (Wildman–Crippen MR) is 51.1 cm³/mol. The van der Waals surface area contributed by atoms with Crippen molar-refractivity contribution >= 4 is 0 Å². The third kappa shape index (κ3) is 1.49. The van der Waals surface area contributed by atoms with Crippen LogP contribution in [0.3, 0.4) is 0 Å². The van der Waals surface area contributed by atoms with E-state index in [2.05, 4.69) is 6.07 Å². The normalized spacial score (nSPS) is 25.2. The summed E-state index contributed by atoms with van der Waals surface area (Å²) in [4.78, 5) is 0. The maximum absolute atomic E-state index is 13.0. The quantitative estimate of drug-likeness (QED) is 0.735. The van der Waals surface area contributed by atoms with Gasteiger partial charge in [0.05, 0.1) is 11.6 Å². The van der Waals surface area contributed by atoms with Crippen molar-refractivity contribution in [2.24, 2.45) is 5.73 Å². The molecule has 1 aromatic rings. The van der Waals surface area contributed by atoms with Crippen LogP contribution in [-0.4, -0.2) is 6.04 Å². The second kappa shape index (κ2) is 3.39. The summed E-state index contributed by atoms with van der Waals surface area (Å²) in [5.41, 5.74) is 7.05. The van der Waals surface area contributed by atoms with Crippen LogP contribution in [-0.2, 0) is 0 Å². The Bertz CT molecular complexity index is 389. The number of nitriles is 1. The smallest absolute Gasteiger partial charge is 0.123 e. The number of halogens is 1. The number of nitrogens with two attached hydrogens (primary N) is 1. The summed E-state index contributed by atoms with van der Waals surface area (Å²) in [7, 11) is 0. The first-order chi connectivity index (χ1) is 6.70. The molecule has 2 N–H and O–H groups in total. The van der Waals surface area contributed by atoms with Crippen LogP contribution in [0.15, 0.2) is 18.2 Å². The third-order valence-electron chi connectivity index (χ3n) is 2.75. The van der Waals surface area contributed by atoms with Gasteiger partial charge < -0.3 is 5.73 Å². The lowest BCUT2D eigenvalue weighted by Crippen LogP contribution is -2.35. The minimum atomic E-state index is -0.278. The molecule has 0 bridgehead atoms. The second-order valence-corrected chi connectivity index (χ2v) is 3.77. The van der Waals surface area contributed by atoms with Crippen molar-refractivity contribution in [3.05, 3.63) is 35.1 Å². The second-order valence-electron chi connectivity index (χ2n) is 3.77. The molecule has 2 rings (SSSR count). The van der Waals surface area contributed by atoms with Crippen LogP contribution in [0.25, 0.3) is 0 Å². The third-order valence-corrected chi connectivity index (χ3v) is 2.75. The molecule has 0 saturated heterocycles. The Balaban J connectivity index is 2.32. The average molecular weight is 190 g/mol. The maximum Gasteiger partial charge on any atom is 0.123 e. The van der Waals surface area contributed by atoms with Gasteiger partial charge in [-0.05, 0) is 42.5 Å². The highest BCUT2D eigenvalue weighted by atomic mass is 19.1. The largest absolute Gasteiger partial charge is 0.328 e. The Labute approximate surface area is 82.1 Å². The molecule has 0 unspecified atom stereocenters. The molecule has 72 valence electrons. The summed E-state index contributed by atoms with van der Waals surface area (Å²) in [5, 5.41) is 8.84. The van der Waals surface area contributed by atoms with Crippen LogP contribution >= 0.6 is 0 Å². The first kappa shape index (κ1) is 9.17. The fourth-order valence-electron chi connectivity index (χ4n) is 1.89. The molecule has 0 amide bonds. The maximum atomic E-state index is 13.0. The molecule has 3 heteroatoms. The topological polar surface area (TPSA) is 49.8 Å². The minimum Gasteiger partial charge on any atom is -0.328 e. The van der Waals surface area contributed by atoms with Gasteiger partial charge in [0.1, 0.15) is 5.82 Å². The Morgan fingerprint density at radius 3 is 2.71 bits per heavy atom. The van der Waals surface area contributed by atoms with Gasteiger partial charge in [-0.15, -0.1) is 0 Å². The summed E-state index contributed by atoms with van der Waals surface area (Å²) in [6.45, 7) is 0. The Morgan fingerprint density at radius 1 is 1.43 bits per heavy atom. The molecule has 1 fully saturated rings. The first-order valence-corrected chi connectivity index (χ1v) is 4.66. The molecule has 1 aliphatic carbocycles. The van der Waals surface area contributed by atoms with Gasteiger partial charge in [-0.3, -0.25) is 0 Å². The monoisotopic (exact) mass is 190 g/mol. The number of benzene rings is 1. The summed E-state index contributed by atoms with van der Waals surface area (Å²) in [5.74, 6) is -0.00479. The zero-order valence-electron chi connectivity index (χ0n) is 7.70. The molecule has 2 nitrogen and oxygen atoms in total. The Hall–Kier alpha value is -1.40. The van der Waals surface area contributed by atoms with Crippen molar-refractivity contribution in [2.45, 2.75) is 24.8 Å². The van der Waals surface area contributed by atoms with Crippen molar-refractivity contribution < 1.29 is 4.39 Å². The van der Waals surface area contributed by atoms with Gasteiger partial charge in [0.2, 0.25) is 0 Å².